The van der Waals surface area contributed by atoms with Gasteiger partial charge in [0.05, 0.1) is 18.5 Å². The van der Waals surface area contributed by atoms with Crippen molar-refractivity contribution in [2.45, 2.75) is 38.1 Å². The van der Waals surface area contributed by atoms with Crippen molar-refractivity contribution < 1.29 is 4.79 Å². The van der Waals surface area contributed by atoms with Gasteiger partial charge in [0.2, 0.25) is 5.91 Å². The van der Waals surface area contributed by atoms with Gasteiger partial charge in [0.25, 0.3) is 0 Å². The molecule has 0 saturated heterocycles. The van der Waals surface area contributed by atoms with E-state index in [2.05, 4.69) is 0 Å². The Morgan fingerprint density at radius 2 is 2.05 bits per heavy atom. The maximum Gasteiger partial charge on any atom is 0.239 e. The number of carbonyl (C=O) groups is 1. The highest BCUT2D eigenvalue weighted by Crippen LogP contribution is 2.12. The van der Waals surface area contributed by atoms with E-state index in [4.69, 9.17) is 22.6 Å². The third kappa shape index (κ3) is 6.61. The molecule has 0 heterocycles. The van der Waals surface area contributed by atoms with Gasteiger partial charge < -0.3 is 10.6 Å². The Morgan fingerprint density at radius 3 is 2.67 bits per heavy atom. The second kappa shape index (κ2) is 9.38. The molecule has 0 fully saturated rings. The molecular weight excluding hydrogens is 286 g/mol. The number of nitrogens with two attached hydrogens (primary N) is 1. The Balaban J connectivity index is 2.23. The summed E-state index contributed by atoms with van der Waals surface area (Å²) in [5, 5.41) is 9.25. The van der Waals surface area contributed by atoms with E-state index in [0.717, 1.165) is 24.3 Å². The summed E-state index contributed by atoms with van der Waals surface area (Å²) in [5.41, 5.74) is 7.14. The number of amides is 1. The van der Waals surface area contributed by atoms with E-state index >= 15 is 0 Å². The van der Waals surface area contributed by atoms with Crippen molar-refractivity contribution in [2.24, 2.45) is 5.73 Å². The number of hydrogen-bond donors (Lipinski definition) is 1. The van der Waals surface area contributed by atoms with Crippen LogP contribution in [0.25, 0.3) is 0 Å². The summed E-state index contributed by atoms with van der Waals surface area (Å²) in [6, 6.07) is 9.35. The van der Waals surface area contributed by atoms with Gasteiger partial charge in [-0.1, -0.05) is 30.2 Å². The summed E-state index contributed by atoms with van der Waals surface area (Å²) in [5.74, 6) is -0.0863. The zero-order chi connectivity index (χ0) is 15.7. The summed E-state index contributed by atoms with van der Waals surface area (Å²) >= 11 is 5.84. The SMILES string of the molecule is CN(CCC#N)C(=O)C(N)CCCCc1ccc(Cl)cc1. The first kappa shape index (κ1) is 17.5. The molecule has 1 amide bonds. The number of carbonyl (C=O) groups excluding carboxylic acids is 1. The van der Waals surface area contributed by atoms with Crippen LogP contribution >= 0.6 is 11.6 Å². The summed E-state index contributed by atoms with van der Waals surface area (Å²) in [7, 11) is 1.69. The second-order valence-electron chi connectivity index (χ2n) is 5.15. The summed E-state index contributed by atoms with van der Waals surface area (Å²) in [6.45, 7) is 0.438. The molecule has 5 heteroatoms. The van der Waals surface area contributed by atoms with Crippen molar-refractivity contribution in [1.82, 2.24) is 4.90 Å². The summed E-state index contributed by atoms with van der Waals surface area (Å²) in [4.78, 5) is 13.5. The number of hydrogen-bond acceptors (Lipinski definition) is 3. The molecule has 1 aromatic carbocycles. The molecule has 114 valence electrons. The van der Waals surface area contributed by atoms with Gasteiger partial charge in [-0.25, -0.2) is 0 Å². The molecule has 1 rings (SSSR count). The van der Waals surface area contributed by atoms with Crippen LogP contribution in [0.15, 0.2) is 24.3 Å². The molecule has 0 saturated carbocycles. The van der Waals surface area contributed by atoms with Gasteiger partial charge in [-0.15, -0.1) is 0 Å². The van der Waals surface area contributed by atoms with Crippen molar-refractivity contribution in [3.8, 4) is 6.07 Å². The van der Waals surface area contributed by atoms with Gasteiger partial charge in [0, 0.05) is 18.6 Å². The van der Waals surface area contributed by atoms with E-state index in [0.29, 0.717) is 19.4 Å². The van der Waals surface area contributed by atoms with Crippen molar-refractivity contribution in [3.63, 3.8) is 0 Å². The van der Waals surface area contributed by atoms with E-state index in [9.17, 15) is 4.79 Å². The maximum atomic E-state index is 11.9. The smallest absolute Gasteiger partial charge is 0.239 e. The number of likely N-dealkylation sites (N-methyl/N-ethyl adjacent to an activating group) is 1. The topological polar surface area (TPSA) is 70.1 Å². The normalized spacial score (nSPS) is 11.7. The van der Waals surface area contributed by atoms with E-state index in [1.54, 1.807) is 7.05 Å². The third-order valence-electron chi connectivity index (χ3n) is 3.40. The fourth-order valence-corrected chi connectivity index (χ4v) is 2.20. The highest BCUT2D eigenvalue weighted by atomic mass is 35.5. The summed E-state index contributed by atoms with van der Waals surface area (Å²) < 4.78 is 0. The zero-order valence-corrected chi connectivity index (χ0v) is 13.1. The van der Waals surface area contributed by atoms with Gasteiger partial charge in [0.1, 0.15) is 0 Å². The predicted molar refractivity (Wildman–Crippen MR) is 84.8 cm³/mol. The molecule has 0 aliphatic rings. The van der Waals surface area contributed by atoms with Crippen molar-refractivity contribution in [1.29, 1.82) is 5.26 Å². The lowest BCUT2D eigenvalue weighted by molar-refractivity contribution is -0.131. The first-order chi connectivity index (χ1) is 10.0. The molecule has 0 radical (unpaired) electrons. The van der Waals surface area contributed by atoms with E-state index in [1.165, 1.54) is 10.5 Å². The zero-order valence-electron chi connectivity index (χ0n) is 12.4. The summed E-state index contributed by atoms with van der Waals surface area (Å²) in [6.07, 6.45) is 3.86. The number of rotatable bonds is 8. The quantitative estimate of drug-likeness (QED) is 0.751. The first-order valence-corrected chi connectivity index (χ1v) is 7.54. The van der Waals surface area contributed by atoms with Crippen LogP contribution in [0.5, 0.6) is 0 Å². The van der Waals surface area contributed by atoms with Crippen LogP contribution in [0.2, 0.25) is 5.02 Å². The van der Waals surface area contributed by atoms with Crippen molar-refractivity contribution in [2.75, 3.05) is 13.6 Å². The predicted octanol–water partition coefficient (Wildman–Crippen LogP) is 2.75. The molecule has 0 aliphatic carbocycles. The molecule has 0 bridgehead atoms. The van der Waals surface area contributed by atoms with E-state index < -0.39 is 6.04 Å². The average Bonchev–Trinajstić information content (AvgIpc) is 2.49. The van der Waals surface area contributed by atoms with Gasteiger partial charge in [0.15, 0.2) is 0 Å². The Hall–Kier alpha value is -1.57. The number of aryl methyl sites for hydroxylation is 1. The van der Waals surface area contributed by atoms with Crippen LogP contribution < -0.4 is 5.73 Å². The number of unbranched alkanes of at least 4 members (excludes halogenated alkanes) is 1. The van der Waals surface area contributed by atoms with Gasteiger partial charge >= 0.3 is 0 Å². The first-order valence-electron chi connectivity index (χ1n) is 7.16. The minimum Gasteiger partial charge on any atom is -0.343 e. The van der Waals surface area contributed by atoms with Crippen LogP contribution in [0.4, 0.5) is 0 Å². The molecule has 0 aliphatic heterocycles. The van der Waals surface area contributed by atoms with E-state index in [1.807, 2.05) is 30.3 Å². The number of halogens is 1. The Bertz CT molecular complexity index is 481. The highest BCUT2D eigenvalue weighted by Gasteiger charge is 2.16. The minimum absolute atomic E-state index is 0.0863. The van der Waals surface area contributed by atoms with Crippen LogP contribution in [0, 0.1) is 11.3 Å². The average molecular weight is 308 g/mol. The van der Waals surface area contributed by atoms with E-state index in [-0.39, 0.29) is 5.91 Å². The lowest BCUT2D eigenvalue weighted by atomic mass is 10.0. The molecule has 0 spiro atoms. The van der Waals surface area contributed by atoms with Gasteiger partial charge in [-0.05, 0) is 37.0 Å². The fourth-order valence-electron chi connectivity index (χ4n) is 2.08. The van der Waals surface area contributed by atoms with Gasteiger partial charge in [-0.3, -0.25) is 4.79 Å². The van der Waals surface area contributed by atoms with Crippen LogP contribution in [-0.4, -0.2) is 30.4 Å². The van der Waals surface area contributed by atoms with Crippen LogP contribution in [-0.2, 0) is 11.2 Å². The molecule has 0 aromatic heterocycles. The largest absolute Gasteiger partial charge is 0.343 e. The molecule has 4 nitrogen and oxygen atoms in total. The standard InChI is InChI=1S/C16H22ClN3O/c1-20(12-4-11-18)16(21)15(19)6-3-2-5-13-7-9-14(17)10-8-13/h7-10,15H,2-6,12,19H2,1H3. The van der Waals surface area contributed by atoms with Crippen LogP contribution in [0.3, 0.4) is 0 Å². The Kier molecular flexibility index (Phi) is 7.81. The highest BCUT2D eigenvalue weighted by molar-refractivity contribution is 6.30. The lowest BCUT2D eigenvalue weighted by Gasteiger charge is -2.20. The monoisotopic (exact) mass is 307 g/mol. The molecular formula is C16H22ClN3O. The maximum absolute atomic E-state index is 11.9. The Labute approximate surface area is 131 Å². The fraction of sp³-hybridized carbons (Fsp3) is 0.500. The number of nitrogens with zero attached hydrogens (tertiary/aromatic N) is 2. The minimum atomic E-state index is -0.473. The number of benzene rings is 1. The van der Waals surface area contributed by atoms with Crippen molar-refractivity contribution in [3.05, 3.63) is 34.9 Å². The third-order valence-corrected chi connectivity index (χ3v) is 3.65. The van der Waals surface area contributed by atoms with Crippen LogP contribution in [0.1, 0.15) is 31.2 Å². The molecule has 1 aromatic rings. The molecule has 21 heavy (non-hydrogen) atoms. The number of nitriles is 1. The van der Waals surface area contributed by atoms with Crippen molar-refractivity contribution >= 4 is 17.5 Å². The molecule has 1 unspecified atom stereocenters. The Morgan fingerprint density at radius 1 is 1.38 bits per heavy atom. The second-order valence-corrected chi connectivity index (χ2v) is 5.58. The molecule has 2 N–H and O–H groups in total. The van der Waals surface area contributed by atoms with Gasteiger partial charge in [-0.2, -0.15) is 5.26 Å². The lowest BCUT2D eigenvalue weighted by Crippen LogP contribution is -2.42. The molecule has 1 atom stereocenters.